The monoisotopic (exact) mass is 282 g/mol. The molecule has 0 bridgehead atoms. The predicted molar refractivity (Wildman–Crippen MR) is 76.6 cm³/mol. The normalized spacial score (nSPS) is 28.6. The summed E-state index contributed by atoms with van der Waals surface area (Å²) >= 11 is 0. The van der Waals surface area contributed by atoms with Gasteiger partial charge in [-0.3, -0.25) is 0 Å². The number of carbonyl (C=O) groups excluding carboxylic acids is 1. The third-order valence-electron chi connectivity index (χ3n) is 4.57. The Hall–Kier alpha value is -1.26. The average Bonchev–Trinajstić information content (AvgIpc) is 2.78. The maximum absolute atomic E-state index is 12.7. The fourth-order valence-corrected chi connectivity index (χ4v) is 3.23. The largest absolute Gasteiger partial charge is 0.480 e. The highest BCUT2D eigenvalue weighted by Gasteiger charge is 2.33. The Bertz CT molecular complexity index is 359. The smallest absolute Gasteiger partial charge is 0.326 e. The number of carboxylic acids is 1. The summed E-state index contributed by atoms with van der Waals surface area (Å²) in [5.74, 6) is -0.198. The lowest BCUT2D eigenvalue weighted by Crippen LogP contribution is -2.51. The van der Waals surface area contributed by atoms with Crippen molar-refractivity contribution in [2.75, 3.05) is 19.6 Å². The van der Waals surface area contributed by atoms with Gasteiger partial charge in [0.05, 0.1) is 0 Å². The van der Waals surface area contributed by atoms with Gasteiger partial charge in [-0.25, -0.2) is 9.59 Å². The molecule has 20 heavy (non-hydrogen) atoms. The van der Waals surface area contributed by atoms with Crippen LogP contribution in [0.15, 0.2) is 0 Å². The number of hydrogen-bond acceptors (Lipinski definition) is 2. The Morgan fingerprint density at radius 3 is 2.50 bits per heavy atom. The second-order valence-electron chi connectivity index (χ2n) is 6.20. The summed E-state index contributed by atoms with van der Waals surface area (Å²) < 4.78 is 0. The molecule has 2 aliphatic rings. The lowest BCUT2D eigenvalue weighted by Gasteiger charge is -2.32. The van der Waals surface area contributed by atoms with E-state index in [9.17, 15) is 14.7 Å². The maximum atomic E-state index is 12.7. The summed E-state index contributed by atoms with van der Waals surface area (Å²) in [4.78, 5) is 27.5. The molecule has 2 amide bonds. The quantitative estimate of drug-likeness (QED) is 0.804. The van der Waals surface area contributed by atoms with Crippen molar-refractivity contribution in [3.05, 3.63) is 0 Å². The van der Waals surface area contributed by atoms with Crippen molar-refractivity contribution in [1.82, 2.24) is 9.80 Å². The van der Waals surface area contributed by atoms with Gasteiger partial charge in [0.1, 0.15) is 6.04 Å². The van der Waals surface area contributed by atoms with Crippen LogP contribution in [0.3, 0.4) is 0 Å². The van der Waals surface area contributed by atoms with E-state index in [0.29, 0.717) is 18.9 Å². The Morgan fingerprint density at radius 1 is 0.950 bits per heavy atom. The third kappa shape index (κ3) is 3.64. The van der Waals surface area contributed by atoms with Gasteiger partial charge < -0.3 is 14.9 Å². The van der Waals surface area contributed by atoms with Crippen LogP contribution < -0.4 is 0 Å². The average molecular weight is 282 g/mol. The molecule has 2 fully saturated rings. The van der Waals surface area contributed by atoms with E-state index in [1.54, 1.807) is 4.90 Å². The standard InChI is InChI=1S/C15H26N2O3/c1-12-6-5-9-16(11-8-12)15(20)17-10-4-2-3-7-13(17)14(18)19/h12-13H,2-11H2,1H3,(H,18,19). The fraction of sp³-hybridized carbons (Fsp3) is 0.867. The van der Waals surface area contributed by atoms with E-state index in [1.807, 2.05) is 4.90 Å². The Balaban J connectivity index is 2.05. The molecule has 0 aliphatic carbocycles. The van der Waals surface area contributed by atoms with Crippen LogP contribution in [0.25, 0.3) is 0 Å². The summed E-state index contributed by atoms with van der Waals surface area (Å²) in [7, 11) is 0. The Labute approximate surface area is 120 Å². The number of carboxylic acid groups (broad SMARTS) is 1. The molecule has 0 radical (unpaired) electrons. The van der Waals surface area contributed by atoms with Gasteiger partial charge in [-0.2, -0.15) is 0 Å². The molecular formula is C15H26N2O3. The van der Waals surface area contributed by atoms with Crippen LogP contribution in [0.2, 0.25) is 0 Å². The molecule has 2 unspecified atom stereocenters. The van der Waals surface area contributed by atoms with Gasteiger partial charge in [0.2, 0.25) is 0 Å². The van der Waals surface area contributed by atoms with Crippen LogP contribution in [0.5, 0.6) is 0 Å². The van der Waals surface area contributed by atoms with Crippen molar-refractivity contribution in [1.29, 1.82) is 0 Å². The number of urea groups is 1. The lowest BCUT2D eigenvalue weighted by atomic mass is 10.0. The number of likely N-dealkylation sites (tertiary alicyclic amines) is 2. The SMILES string of the molecule is CC1CCCN(C(=O)N2CCCCCC2C(=O)O)CC1. The Morgan fingerprint density at radius 2 is 1.75 bits per heavy atom. The predicted octanol–water partition coefficient (Wildman–Crippen LogP) is 2.56. The molecule has 0 aromatic rings. The summed E-state index contributed by atoms with van der Waals surface area (Å²) in [5.41, 5.74) is 0. The number of nitrogens with zero attached hydrogens (tertiary/aromatic N) is 2. The minimum Gasteiger partial charge on any atom is -0.480 e. The summed E-state index contributed by atoms with van der Waals surface area (Å²) in [6.07, 6.45) is 6.63. The minimum absolute atomic E-state index is 0.0617. The second-order valence-corrected chi connectivity index (χ2v) is 6.20. The first-order valence-electron chi connectivity index (χ1n) is 7.88. The van der Waals surface area contributed by atoms with Gasteiger partial charge in [-0.15, -0.1) is 0 Å². The number of rotatable bonds is 1. The molecule has 5 heteroatoms. The van der Waals surface area contributed by atoms with E-state index >= 15 is 0 Å². The molecule has 2 saturated heterocycles. The summed E-state index contributed by atoms with van der Waals surface area (Å²) in [6, 6.07) is -0.695. The van der Waals surface area contributed by atoms with Crippen molar-refractivity contribution < 1.29 is 14.7 Å². The molecule has 0 spiro atoms. The zero-order valence-electron chi connectivity index (χ0n) is 12.4. The molecule has 2 aliphatic heterocycles. The highest BCUT2D eigenvalue weighted by molar-refractivity contribution is 5.82. The van der Waals surface area contributed by atoms with E-state index in [2.05, 4.69) is 6.92 Å². The number of aliphatic carboxylic acids is 1. The van der Waals surface area contributed by atoms with Gasteiger partial charge in [0, 0.05) is 19.6 Å². The zero-order chi connectivity index (χ0) is 14.5. The lowest BCUT2D eigenvalue weighted by molar-refractivity contribution is -0.142. The molecule has 114 valence electrons. The van der Waals surface area contributed by atoms with Crippen LogP contribution in [0, 0.1) is 5.92 Å². The van der Waals surface area contributed by atoms with Gasteiger partial charge in [-0.1, -0.05) is 19.8 Å². The van der Waals surface area contributed by atoms with E-state index in [-0.39, 0.29) is 6.03 Å². The van der Waals surface area contributed by atoms with Gasteiger partial charge in [-0.05, 0) is 38.0 Å². The van der Waals surface area contributed by atoms with Crippen LogP contribution in [0.1, 0.15) is 51.9 Å². The number of amides is 2. The zero-order valence-corrected chi connectivity index (χ0v) is 12.4. The van der Waals surface area contributed by atoms with Gasteiger partial charge >= 0.3 is 12.0 Å². The molecule has 2 atom stereocenters. The first-order valence-corrected chi connectivity index (χ1v) is 7.88. The van der Waals surface area contributed by atoms with Crippen LogP contribution >= 0.6 is 0 Å². The van der Waals surface area contributed by atoms with Crippen molar-refractivity contribution in [2.45, 2.75) is 57.9 Å². The number of hydrogen-bond donors (Lipinski definition) is 1. The van der Waals surface area contributed by atoms with Crippen LogP contribution in [-0.2, 0) is 4.79 Å². The highest BCUT2D eigenvalue weighted by Crippen LogP contribution is 2.22. The number of carbonyl (C=O) groups is 2. The van der Waals surface area contributed by atoms with E-state index < -0.39 is 12.0 Å². The summed E-state index contributed by atoms with van der Waals surface area (Å²) in [5, 5.41) is 9.37. The first kappa shape index (κ1) is 15.1. The van der Waals surface area contributed by atoms with Crippen molar-refractivity contribution in [3.63, 3.8) is 0 Å². The maximum Gasteiger partial charge on any atom is 0.326 e. The van der Waals surface area contributed by atoms with Crippen molar-refractivity contribution >= 4 is 12.0 Å². The molecule has 2 rings (SSSR count). The molecule has 1 N–H and O–H groups in total. The van der Waals surface area contributed by atoms with Gasteiger partial charge in [0.25, 0.3) is 0 Å². The van der Waals surface area contributed by atoms with Gasteiger partial charge in [0.15, 0.2) is 0 Å². The van der Waals surface area contributed by atoms with Crippen LogP contribution in [0.4, 0.5) is 4.79 Å². The summed E-state index contributed by atoms with van der Waals surface area (Å²) in [6.45, 7) is 4.34. The third-order valence-corrected chi connectivity index (χ3v) is 4.57. The van der Waals surface area contributed by atoms with E-state index in [0.717, 1.165) is 51.6 Å². The minimum atomic E-state index is -0.858. The van der Waals surface area contributed by atoms with Crippen molar-refractivity contribution in [3.8, 4) is 0 Å². The topological polar surface area (TPSA) is 60.9 Å². The van der Waals surface area contributed by atoms with E-state index in [1.165, 1.54) is 0 Å². The van der Waals surface area contributed by atoms with Crippen molar-refractivity contribution in [2.24, 2.45) is 5.92 Å². The molecule has 0 aromatic heterocycles. The second kappa shape index (κ2) is 6.95. The first-order chi connectivity index (χ1) is 9.59. The van der Waals surface area contributed by atoms with E-state index in [4.69, 9.17) is 0 Å². The molecule has 2 heterocycles. The Kier molecular flexibility index (Phi) is 5.26. The highest BCUT2D eigenvalue weighted by atomic mass is 16.4. The fourth-order valence-electron chi connectivity index (χ4n) is 3.23. The molecule has 0 aromatic carbocycles. The molecular weight excluding hydrogens is 256 g/mol. The molecule has 0 saturated carbocycles. The molecule has 5 nitrogen and oxygen atoms in total. The van der Waals surface area contributed by atoms with Crippen LogP contribution in [-0.4, -0.2) is 52.6 Å².